The van der Waals surface area contributed by atoms with Crippen molar-refractivity contribution in [2.45, 2.75) is 6.54 Å². The van der Waals surface area contributed by atoms with Crippen molar-refractivity contribution in [3.8, 4) is 22.6 Å². The van der Waals surface area contributed by atoms with Crippen LogP contribution in [0.25, 0.3) is 11.1 Å². The number of anilines is 2. The van der Waals surface area contributed by atoms with Crippen LogP contribution in [0.3, 0.4) is 0 Å². The van der Waals surface area contributed by atoms with Crippen LogP contribution < -0.4 is 25.4 Å². The van der Waals surface area contributed by atoms with Crippen LogP contribution >= 0.6 is 0 Å². The summed E-state index contributed by atoms with van der Waals surface area (Å²) in [4.78, 5) is 38.1. The number of para-hydroxylation sites is 2. The molecule has 3 amide bonds. The minimum absolute atomic E-state index is 0.0524. The van der Waals surface area contributed by atoms with E-state index in [-0.39, 0.29) is 29.2 Å². The van der Waals surface area contributed by atoms with Crippen LogP contribution in [0.2, 0.25) is 0 Å². The first kappa shape index (κ1) is 28.7. The second kappa shape index (κ2) is 13.6. The first-order valence-electron chi connectivity index (χ1n) is 12.8. The highest BCUT2D eigenvalue weighted by Crippen LogP contribution is 2.34. The monoisotopic (exact) mass is 554 g/mol. The summed E-state index contributed by atoms with van der Waals surface area (Å²) in [5, 5.41) is 27.7. The highest BCUT2D eigenvalue weighted by molar-refractivity contribution is 6.06. The van der Waals surface area contributed by atoms with E-state index in [2.05, 4.69) is 10.6 Å². The lowest BCUT2D eigenvalue weighted by molar-refractivity contribution is -0.107. The smallest absolute Gasteiger partial charge is 0.431 e. The fraction of sp³-hybridized carbons (Fsp3) is 0.129. The number of hydrogen-bond donors (Lipinski definition) is 4. The van der Waals surface area contributed by atoms with E-state index in [1.165, 1.54) is 19.2 Å². The number of nitrogens with one attached hydrogen (secondary N) is 2. The largest absolute Gasteiger partial charge is 0.504 e. The van der Waals surface area contributed by atoms with Crippen molar-refractivity contribution in [3.63, 3.8) is 0 Å². The zero-order valence-corrected chi connectivity index (χ0v) is 22.4. The van der Waals surface area contributed by atoms with Crippen LogP contribution in [0.1, 0.15) is 15.9 Å². The predicted molar refractivity (Wildman–Crippen MR) is 156 cm³/mol. The van der Waals surface area contributed by atoms with Gasteiger partial charge in [-0.2, -0.15) is 5.01 Å². The van der Waals surface area contributed by atoms with Crippen molar-refractivity contribution >= 4 is 29.8 Å². The van der Waals surface area contributed by atoms with E-state index in [0.29, 0.717) is 30.8 Å². The molecule has 0 radical (unpaired) electrons. The number of phenolic OH excluding ortho intramolecular Hbond substituents is 1. The molecule has 0 aliphatic heterocycles. The molecule has 0 aliphatic rings. The SMILES string of the molecule is COc1cc(CNCCNC(=O)c2ccccc2N(C=O)N(C(=O)O)c2ccccc2-c2ccccc2)ccc1O. The van der Waals surface area contributed by atoms with E-state index in [9.17, 15) is 24.6 Å². The summed E-state index contributed by atoms with van der Waals surface area (Å²) in [5.41, 5.74) is 2.75. The standard InChI is InChI=1S/C31H30N4O6/c1-41-29-19-22(15-16-28(29)37)20-32-17-18-33-30(38)25-12-6-7-13-26(25)34(21-36)35(31(39)40)27-14-8-5-11-24(27)23-9-3-2-4-10-23/h2-16,19,21,32,37H,17-18,20H2,1H3,(H,33,38)(H,39,40). The highest BCUT2D eigenvalue weighted by atomic mass is 16.5. The number of carbonyl (C=O) groups is 3. The summed E-state index contributed by atoms with van der Waals surface area (Å²) < 4.78 is 5.12. The molecule has 4 aromatic carbocycles. The molecule has 4 N–H and O–H groups in total. The Balaban J connectivity index is 1.50. The zero-order chi connectivity index (χ0) is 29.2. The van der Waals surface area contributed by atoms with E-state index in [0.717, 1.165) is 21.1 Å². The Hall–Kier alpha value is -5.35. The maximum absolute atomic E-state index is 13.2. The highest BCUT2D eigenvalue weighted by Gasteiger charge is 2.28. The number of rotatable bonds is 12. The number of nitrogens with zero attached hydrogens (tertiary/aromatic N) is 2. The third-order valence-electron chi connectivity index (χ3n) is 6.27. The minimum atomic E-state index is -1.40. The van der Waals surface area contributed by atoms with E-state index in [1.807, 2.05) is 30.3 Å². The molecular formula is C31H30N4O6. The Kier molecular flexibility index (Phi) is 9.53. The van der Waals surface area contributed by atoms with Crippen LogP contribution in [0, 0.1) is 0 Å². The molecule has 0 fully saturated rings. The lowest BCUT2D eigenvalue weighted by Gasteiger charge is -2.31. The normalized spacial score (nSPS) is 10.5. The van der Waals surface area contributed by atoms with Crippen LogP contribution in [-0.2, 0) is 11.3 Å². The summed E-state index contributed by atoms with van der Waals surface area (Å²) in [5.74, 6) is -0.0467. The van der Waals surface area contributed by atoms with Crippen LogP contribution in [0.4, 0.5) is 16.2 Å². The van der Waals surface area contributed by atoms with Crippen LogP contribution in [0.5, 0.6) is 11.5 Å². The number of hydrogen-bond acceptors (Lipinski definition) is 6. The van der Waals surface area contributed by atoms with Crippen LogP contribution in [-0.4, -0.2) is 48.8 Å². The molecule has 0 atom stereocenters. The molecule has 10 heteroatoms. The van der Waals surface area contributed by atoms with Gasteiger partial charge in [0.15, 0.2) is 11.5 Å². The van der Waals surface area contributed by atoms with Gasteiger partial charge in [-0.1, -0.05) is 66.7 Å². The van der Waals surface area contributed by atoms with Crippen molar-refractivity contribution in [2.75, 3.05) is 30.2 Å². The second-order valence-electron chi connectivity index (χ2n) is 8.88. The van der Waals surface area contributed by atoms with Crippen molar-refractivity contribution in [3.05, 3.63) is 108 Å². The maximum atomic E-state index is 13.2. The van der Waals surface area contributed by atoms with Crippen molar-refractivity contribution < 1.29 is 29.3 Å². The maximum Gasteiger partial charge on any atom is 0.431 e. The number of carbonyl (C=O) groups excluding carboxylic acids is 2. The molecular weight excluding hydrogens is 524 g/mol. The number of phenols is 1. The Labute approximate surface area is 237 Å². The molecule has 0 saturated heterocycles. The Morgan fingerprint density at radius 3 is 2.27 bits per heavy atom. The van der Waals surface area contributed by atoms with E-state index < -0.39 is 12.0 Å². The third kappa shape index (κ3) is 6.81. The van der Waals surface area contributed by atoms with Gasteiger partial charge in [0.1, 0.15) is 0 Å². The lowest BCUT2D eigenvalue weighted by Crippen LogP contribution is -2.47. The van der Waals surface area contributed by atoms with Gasteiger partial charge in [-0.15, -0.1) is 0 Å². The number of amides is 3. The molecule has 0 bridgehead atoms. The number of hydrazine groups is 1. The first-order chi connectivity index (χ1) is 19.9. The van der Waals surface area contributed by atoms with Gasteiger partial charge < -0.3 is 25.6 Å². The molecule has 0 heterocycles. The summed E-state index contributed by atoms with van der Waals surface area (Å²) >= 11 is 0. The van der Waals surface area contributed by atoms with Gasteiger partial charge in [-0.25, -0.2) is 9.80 Å². The topological polar surface area (TPSA) is 131 Å². The van der Waals surface area contributed by atoms with E-state index in [1.54, 1.807) is 54.6 Å². The zero-order valence-electron chi connectivity index (χ0n) is 22.4. The molecule has 41 heavy (non-hydrogen) atoms. The molecule has 0 aromatic heterocycles. The molecule has 0 saturated carbocycles. The molecule has 0 aliphatic carbocycles. The van der Waals surface area contributed by atoms with Gasteiger partial charge in [0.2, 0.25) is 6.41 Å². The average molecular weight is 555 g/mol. The van der Waals surface area contributed by atoms with Crippen molar-refractivity contribution in [2.24, 2.45) is 0 Å². The number of aromatic hydroxyl groups is 1. The van der Waals surface area contributed by atoms with Crippen LogP contribution in [0.15, 0.2) is 97.1 Å². The van der Waals surface area contributed by atoms with Crippen molar-refractivity contribution in [1.29, 1.82) is 0 Å². The summed E-state index contributed by atoms with van der Waals surface area (Å²) in [7, 11) is 1.48. The molecule has 0 spiro atoms. The van der Waals surface area contributed by atoms with Gasteiger partial charge in [-0.3, -0.25) is 9.59 Å². The Bertz CT molecular complexity index is 1510. The van der Waals surface area contributed by atoms with E-state index >= 15 is 0 Å². The number of ether oxygens (including phenoxy) is 1. The second-order valence-corrected chi connectivity index (χ2v) is 8.88. The lowest BCUT2D eigenvalue weighted by atomic mass is 10.0. The van der Waals surface area contributed by atoms with Gasteiger partial charge >= 0.3 is 6.09 Å². The van der Waals surface area contributed by atoms with E-state index in [4.69, 9.17) is 4.74 Å². The molecule has 0 unspecified atom stereocenters. The first-order valence-corrected chi connectivity index (χ1v) is 12.8. The molecule has 4 rings (SSSR count). The Morgan fingerprint density at radius 2 is 1.56 bits per heavy atom. The average Bonchev–Trinajstić information content (AvgIpc) is 3.00. The predicted octanol–water partition coefficient (Wildman–Crippen LogP) is 4.65. The minimum Gasteiger partial charge on any atom is -0.504 e. The number of methoxy groups -OCH3 is 1. The summed E-state index contributed by atoms with van der Waals surface area (Å²) in [6.07, 6.45) is -1.03. The number of carboxylic acid groups (broad SMARTS) is 1. The van der Waals surface area contributed by atoms with Crippen molar-refractivity contribution in [1.82, 2.24) is 10.6 Å². The Morgan fingerprint density at radius 1 is 0.878 bits per heavy atom. The fourth-order valence-electron chi connectivity index (χ4n) is 4.33. The fourth-order valence-corrected chi connectivity index (χ4v) is 4.33. The summed E-state index contributed by atoms with van der Waals surface area (Å²) in [6, 6.07) is 27.4. The molecule has 210 valence electrons. The number of benzene rings is 4. The quantitative estimate of drug-likeness (QED) is 0.114. The van der Waals surface area contributed by atoms with Gasteiger partial charge in [0.05, 0.1) is 24.0 Å². The van der Waals surface area contributed by atoms with Gasteiger partial charge in [0, 0.05) is 25.2 Å². The summed E-state index contributed by atoms with van der Waals surface area (Å²) in [6.45, 7) is 1.18. The third-order valence-corrected chi connectivity index (χ3v) is 6.27. The molecule has 10 nitrogen and oxygen atoms in total. The van der Waals surface area contributed by atoms with Gasteiger partial charge in [-0.05, 0) is 41.5 Å². The molecule has 4 aromatic rings. The van der Waals surface area contributed by atoms with Gasteiger partial charge in [0.25, 0.3) is 5.91 Å².